The van der Waals surface area contributed by atoms with Crippen molar-refractivity contribution in [1.82, 2.24) is 0 Å². The van der Waals surface area contributed by atoms with Gasteiger partial charge in [-0.05, 0) is 17.7 Å². The molecule has 0 fully saturated rings. The monoisotopic (exact) mass is 200 g/mol. The molecule has 0 N–H and O–H groups in total. The Morgan fingerprint density at radius 3 is 2.10 bits per heavy atom. The molecule has 1 atom stereocenters. The molecule has 0 bridgehead atoms. The van der Waals surface area contributed by atoms with Crippen molar-refractivity contribution >= 4 is 28.3 Å². The SMILES string of the molecule is CCC(C)(C)SP(C)(=O)Cl. The summed E-state index contributed by atoms with van der Waals surface area (Å²) < 4.78 is 11.2. The fraction of sp³-hybridized carbons (Fsp3) is 1.00. The molecule has 0 aromatic heterocycles. The van der Waals surface area contributed by atoms with Crippen molar-refractivity contribution < 1.29 is 4.57 Å². The number of hydrogen-bond donors (Lipinski definition) is 0. The first-order chi connectivity index (χ1) is 4.27. The Morgan fingerprint density at radius 1 is 1.60 bits per heavy atom. The highest BCUT2D eigenvalue weighted by Crippen LogP contribution is 2.65. The first kappa shape index (κ1) is 10.9. The van der Waals surface area contributed by atoms with Gasteiger partial charge in [-0.1, -0.05) is 32.2 Å². The summed E-state index contributed by atoms with van der Waals surface area (Å²) >= 11 is 6.99. The summed E-state index contributed by atoms with van der Waals surface area (Å²) in [7, 11) is 0. The van der Waals surface area contributed by atoms with Gasteiger partial charge in [0.05, 0.1) is 0 Å². The molecule has 0 saturated carbocycles. The Hall–Kier alpha value is 0.870. The Kier molecular flexibility index (Phi) is 3.82. The second-order valence-corrected chi connectivity index (χ2v) is 10.9. The summed E-state index contributed by atoms with van der Waals surface area (Å²) in [6, 6.07) is 0. The Balaban J connectivity index is 4.02. The van der Waals surface area contributed by atoms with Crippen LogP contribution in [0.1, 0.15) is 27.2 Å². The van der Waals surface area contributed by atoms with E-state index in [0.717, 1.165) is 6.42 Å². The van der Waals surface area contributed by atoms with Gasteiger partial charge in [0.1, 0.15) is 0 Å². The maximum atomic E-state index is 11.1. The van der Waals surface area contributed by atoms with Crippen LogP contribution in [-0.2, 0) is 4.57 Å². The Labute approximate surface area is 71.8 Å². The van der Waals surface area contributed by atoms with Crippen LogP contribution < -0.4 is 0 Å². The van der Waals surface area contributed by atoms with Crippen LogP contribution in [0.3, 0.4) is 0 Å². The third-order valence-corrected chi connectivity index (χ3v) is 5.45. The van der Waals surface area contributed by atoms with E-state index in [2.05, 4.69) is 20.8 Å². The van der Waals surface area contributed by atoms with Gasteiger partial charge in [-0.15, -0.1) is 0 Å². The van der Waals surface area contributed by atoms with E-state index in [1.807, 2.05) is 0 Å². The minimum Gasteiger partial charge on any atom is -0.295 e. The lowest BCUT2D eigenvalue weighted by Gasteiger charge is -2.22. The van der Waals surface area contributed by atoms with Gasteiger partial charge >= 0.3 is 0 Å². The van der Waals surface area contributed by atoms with Gasteiger partial charge in [-0.3, -0.25) is 4.57 Å². The normalized spacial score (nSPS) is 18.5. The first-order valence-corrected chi connectivity index (χ1v) is 7.73. The Bertz CT molecular complexity index is 152. The van der Waals surface area contributed by atoms with Crippen molar-refractivity contribution in [2.24, 2.45) is 0 Å². The molecule has 0 heterocycles. The van der Waals surface area contributed by atoms with Crippen LogP contribution >= 0.6 is 28.3 Å². The summed E-state index contributed by atoms with van der Waals surface area (Å²) in [4.78, 5) is 0. The second-order valence-electron chi connectivity index (χ2n) is 2.95. The molecule has 0 spiro atoms. The molecule has 0 saturated heterocycles. The van der Waals surface area contributed by atoms with Gasteiger partial charge in [-0.25, -0.2) is 0 Å². The average Bonchev–Trinajstić information content (AvgIpc) is 1.60. The molecule has 0 amide bonds. The quantitative estimate of drug-likeness (QED) is 0.642. The number of halogens is 1. The van der Waals surface area contributed by atoms with Gasteiger partial charge in [0.15, 0.2) is 0 Å². The van der Waals surface area contributed by atoms with Gasteiger partial charge < -0.3 is 0 Å². The summed E-state index contributed by atoms with van der Waals surface area (Å²) in [5, 5.41) is 0. The van der Waals surface area contributed by atoms with Gasteiger partial charge in [0.2, 0.25) is 5.70 Å². The second kappa shape index (κ2) is 3.51. The molecule has 1 nitrogen and oxygen atoms in total. The van der Waals surface area contributed by atoms with Gasteiger partial charge in [0, 0.05) is 11.4 Å². The molecule has 0 rings (SSSR count). The van der Waals surface area contributed by atoms with Crippen molar-refractivity contribution in [2.75, 3.05) is 6.66 Å². The van der Waals surface area contributed by atoms with E-state index in [-0.39, 0.29) is 4.75 Å². The molecule has 0 aromatic rings. The maximum Gasteiger partial charge on any atom is 0.219 e. The van der Waals surface area contributed by atoms with E-state index in [0.29, 0.717) is 0 Å². The highest BCUT2D eigenvalue weighted by molar-refractivity contribution is 8.65. The molecular weight excluding hydrogens is 187 g/mol. The lowest BCUT2D eigenvalue weighted by Crippen LogP contribution is -2.10. The fourth-order valence-electron chi connectivity index (χ4n) is 0.506. The van der Waals surface area contributed by atoms with Crippen molar-refractivity contribution in [3.63, 3.8) is 0 Å². The zero-order chi connectivity index (χ0) is 8.41. The zero-order valence-corrected chi connectivity index (χ0v) is 9.32. The zero-order valence-electron chi connectivity index (χ0n) is 6.85. The van der Waals surface area contributed by atoms with Crippen molar-refractivity contribution in [1.29, 1.82) is 0 Å². The van der Waals surface area contributed by atoms with Crippen LogP contribution in [0.4, 0.5) is 0 Å². The molecule has 10 heavy (non-hydrogen) atoms. The van der Waals surface area contributed by atoms with Crippen LogP contribution in [0.2, 0.25) is 0 Å². The van der Waals surface area contributed by atoms with E-state index in [1.54, 1.807) is 6.66 Å². The minimum absolute atomic E-state index is 0.0476. The molecule has 0 radical (unpaired) electrons. The molecule has 4 heteroatoms. The maximum absolute atomic E-state index is 11.1. The predicted octanol–water partition coefficient (Wildman–Crippen LogP) is 3.97. The predicted molar refractivity (Wildman–Crippen MR) is 51.3 cm³/mol. The highest BCUT2D eigenvalue weighted by atomic mass is 35.7. The average molecular weight is 201 g/mol. The van der Waals surface area contributed by atoms with Gasteiger partial charge in [-0.2, -0.15) is 0 Å². The molecule has 0 aliphatic carbocycles. The lowest BCUT2D eigenvalue weighted by atomic mass is 10.1. The van der Waals surface area contributed by atoms with E-state index in [9.17, 15) is 4.57 Å². The topological polar surface area (TPSA) is 17.1 Å². The Morgan fingerprint density at radius 2 is 2.00 bits per heavy atom. The van der Waals surface area contributed by atoms with E-state index < -0.39 is 5.70 Å². The van der Waals surface area contributed by atoms with Crippen molar-refractivity contribution in [3.8, 4) is 0 Å². The van der Waals surface area contributed by atoms with E-state index >= 15 is 0 Å². The van der Waals surface area contributed by atoms with Crippen LogP contribution in [0.15, 0.2) is 0 Å². The largest absolute Gasteiger partial charge is 0.295 e. The smallest absolute Gasteiger partial charge is 0.219 e. The summed E-state index contributed by atoms with van der Waals surface area (Å²) in [6.07, 6.45) is 0.988. The summed E-state index contributed by atoms with van der Waals surface area (Å²) in [5.41, 5.74) is -2.41. The summed E-state index contributed by atoms with van der Waals surface area (Å²) in [5.74, 6) is 0. The standard InChI is InChI=1S/C6H14ClOPS/c1-5-6(2,3)10-9(4,7)8/h5H2,1-4H3. The van der Waals surface area contributed by atoms with Crippen molar-refractivity contribution in [2.45, 2.75) is 31.9 Å². The third-order valence-electron chi connectivity index (χ3n) is 1.26. The van der Waals surface area contributed by atoms with Crippen LogP contribution in [0, 0.1) is 0 Å². The molecule has 62 valence electrons. The molecule has 0 aromatic carbocycles. The first-order valence-electron chi connectivity index (χ1n) is 3.25. The highest BCUT2D eigenvalue weighted by Gasteiger charge is 2.24. The van der Waals surface area contributed by atoms with E-state index in [4.69, 9.17) is 11.2 Å². The third kappa shape index (κ3) is 5.64. The van der Waals surface area contributed by atoms with Gasteiger partial charge in [0.25, 0.3) is 0 Å². The molecule has 0 aliphatic rings. The minimum atomic E-state index is -2.41. The van der Waals surface area contributed by atoms with Crippen LogP contribution in [-0.4, -0.2) is 11.4 Å². The van der Waals surface area contributed by atoms with Crippen molar-refractivity contribution in [3.05, 3.63) is 0 Å². The fourth-order valence-corrected chi connectivity index (χ4v) is 6.23. The summed E-state index contributed by atoms with van der Waals surface area (Å²) in [6.45, 7) is 7.77. The molecular formula is C6H14ClOPS. The van der Waals surface area contributed by atoms with Crippen LogP contribution in [0.25, 0.3) is 0 Å². The van der Waals surface area contributed by atoms with Crippen LogP contribution in [0.5, 0.6) is 0 Å². The number of rotatable bonds is 3. The molecule has 0 aliphatic heterocycles. The lowest BCUT2D eigenvalue weighted by molar-refractivity contribution is 0.595. The van der Waals surface area contributed by atoms with E-state index in [1.165, 1.54) is 11.4 Å². The molecule has 1 unspecified atom stereocenters. The number of hydrogen-bond acceptors (Lipinski definition) is 2.